The van der Waals surface area contributed by atoms with Gasteiger partial charge >= 0.3 is 0 Å². The fourth-order valence-corrected chi connectivity index (χ4v) is 4.06. The molecule has 144 valence electrons. The largest absolute Gasteiger partial charge is 0.392 e. The van der Waals surface area contributed by atoms with E-state index in [1.165, 1.54) is 6.42 Å². The van der Waals surface area contributed by atoms with Crippen molar-refractivity contribution < 1.29 is 20.4 Å². The molecule has 0 aromatic rings. The van der Waals surface area contributed by atoms with E-state index < -0.39 is 24.4 Å². The first-order valence-electron chi connectivity index (χ1n) is 9.39. The summed E-state index contributed by atoms with van der Waals surface area (Å²) >= 11 is 0. The SMILES string of the molecule is CC(O)CN(CC(C)O)C1(N(CC(C)O)CC(C)O)CCCCC1. The summed E-state index contributed by atoms with van der Waals surface area (Å²) in [5.41, 5.74) is -0.333. The second-order valence-corrected chi connectivity index (χ2v) is 7.75. The van der Waals surface area contributed by atoms with E-state index in [1.54, 1.807) is 27.7 Å². The van der Waals surface area contributed by atoms with Gasteiger partial charge in [0.25, 0.3) is 0 Å². The van der Waals surface area contributed by atoms with Crippen LogP contribution in [0, 0.1) is 0 Å². The van der Waals surface area contributed by atoms with Crippen LogP contribution in [-0.2, 0) is 0 Å². The van der Waals surface area contributed by atoms with Crippen molar-refractivity contribution in [1.29, 1.82) is 0 Å². The summed E-state index contributed by atoms with van der Waals surface area (Å²) in [6, 6.07) is 0. The molecule has 0 bridgehead atoms. The molecule has 1 saturated carbocycles. The van der Waals surface area contributed by atoms with Crippen molar-refractivity contribution in [2.45, 2.75) is 89.9 Å². The Bertz CT molecular complexity index is 296. The zero-order chi connectivity index (χ0) is 18.3. The van der Waals surface area contributed by atoms with Crippen molar-refractivity contribution in [3.05, 3.63) is 0 Å². The van der Waals surface area contributed by atoms with Gasteiger partial charge in [-0.05, 0) is 40.5 Å². The minimum atomic E-state index is -0.498. The summed E-state index contributed by atoms with van der Waals surface area (Å²) in [6.07, 6.45) is 3.18. The summed E-state index contributed by atoms with van der Waals surface area (Å²) in [4.78, 5) is 4.35. The number of rotatable bonds is 10. The number of hydrogen-bond acceptors (Lipinski definition) is 6. The van der Waals surface area contributed by atoms with Crippen LogP contribution in [0.2, 0.25) is 0 Å². The van der Waals surface area contributed by atoms with Crippen molar-refractivity contribution >= 4 is 0 Å². The molecule has 4 N–H and O–H groups in total. The molecule has 0 amide bonds. The highest BCUT2D eigenvalue weighted by molar-refractivity contribution is 4.95. The Labute approximate surface area is 147 Å². The second kappa shape index (κ2) is 10.0. The van der Waals surface area contributed by atoms with Crippen molar-refractivity contribution in [2.24, 2.45) is 0 Å². The third-order valence-electron chi connectivity index (χ3n) is 4.77. The molecule has 0 saturated heterocycles. The molecule has 6 heteroatoms. The lowest BCUT2D eigenvalue weighted by molar-refractivity contribution is -0.127. The smallest absolute Gasteiger partial charge is 0.0741 e. The highest BCUT2D eigenvalue weighted by atomic mass is 16.3. The second-order valence-electron chi connectivity index (χ2n) is 7.75. The molecule has 0 aliphatic heterocycles. The van der Waals surface area contributed by atoms with Gasteiger partial charge in [0.2, 0.25) is 0 Å². The normalized spacial score (nSPS) is 23.2. The molecule has 4 atom stereocenters. The van der Waals surface area contributed by atoms with Gasteiger partial charge in [-0.1, -0.05) is 19.3 Å². The van der Waals surface area contributed by atoms with E-state index in [2.05, 4.69) is 9.80 Å². The van der Waals surface area contributed by atoms with Gasteiger partial charge in [-0.25, -0.2) is 0 Å². The molecule has 1 aliphatic rings. The molecule has 0 spiro atoms. The van der Waals surface area contributed by atoms with E-state index in [-0.39, 0.29) is 5.66 Å². The Morgan fingerprint density at radius 1 is 0.625 bits per heavy atom. The van der Waals surface area contributed by atoms with E-state index in [0.29, 0.717) is 26.2 Å². The molecule has 0 heterocycles. The summed E-state index contributed by atoms with van der Waals surface area (Å²) in [7, 11) is 0. The fourth-order valence-electron chi connectivity index (χ4n) is 4.06. The molecule has 0 aromatic carbocycles. The van der Waals surface area contributed by atoms with Gasteiger partial charge in [0.05, 0.1) is 30.1 Å². The lowest BCUT2D eigenvalue weighted by atomic mass is 9.84. The maximum atomic E-state index is 9.99. The fraction of sp³-hybridized carbons (Fsp3) is 1.00. The summed E-state index contributed by atoms with van der Waals surface area (Å²) < 4.78 is 0. The third kappa shape index (κ3) is 6.58. The Morgan fingerprint density at radius 2 is 0.917 bits per heavy atom. The van der Waals surface area contributed by atoms with Gasteiger partial charge in [0.1, 0.15) is 0 Å². The highest BCUT2D eigenvalue weighted by Gasteiger charge is 2.44. The van der Waals surface area contributed by atoms with Crippen LogP contribution in [0.5, 0.6) is 0 Å². The van der Waals surface area contributed by atoms with Crippen LogP contribution in [-0.4, -0.2) is 86.5 Å². The zero-order valence-electron chi connectivity index (χ0n) is 15.9. The average Bonchev–Trinajstić information content (AvgIpc) is 2.44. The minimum absolute atomic E-state index is 0.333. The molecule has 1 aliphatic carbocycles. The van der Waals surface area contributed by atoms with Crippen LogP contribution in [0.15, 0.2) is 0 Å². The highest BCUT2D eigenvalue weighted by Crippen LogP contribution is 2.37. The molecular weight excluding hydrogens is 308 g/mol. The lowest BCUT2D eigenvalue weighted by Gasteiger charge is -2.54. The minimum Gasteiger partial charge on any atom is -0.392 e. The standard InChI is InChI=1S/C18H38N2O4/c1-14(21)10-19(11-15(2)22)18(8-6-5-7-9-18)20(12-16(3)23)13-17(4)24/h14-17,21-24H,5-13H2,1-4H3. The van der Waals surface area contributed by atoms with Crippen molar-refractivity contribution in [3.63, 3.8) is 0 Å². The molecule has 6 nitrogen and oxygen atoms in total. The maximum absolute atomic E-state index is 9.99. The number of aliphatic hydroxyl groups is 4. The van der Waals surface area contributed by atoms with Crippen LogP contribution in [0.1, 0.15) is 59.8 Å². The number of nitrogens with zero attached hydrogens (tertiary/aromatic N) is 2. The van der Waals surface area contributed by atoms with E-state index in [1.807, 2.05) is 0 Å². The first kappa shape index (κ1) is 21.8. The van der Waals surface area contributed by atoms with Gasteiger partial charge in [-0.2, -0.15) is 0 Å². The lowest BCUT2D eigenvalue weighted by Crippen LogP contribution is -2.65. The third-order valence-corrected chi connectivity index (χ3v) is 4.77. The van der Waals surface area contributed by atoms with Crippen molar-refractivity contribution in [1.82, 2.24) is 9.80 Å². The Kier molecular flexibility index (Phi) is 9.12. The molecule has 24 heavy (non-hydrogen) atoms. The average molecular weight is 347 g/mol. The molecule has 1 fully saturated rings. The monoisotopic (exact) mass is 346 g/mol. The zero-order valence-corrected chi connectivity index (χ0v) is 15.9. The molecule has 4 unspecified atom stereocenters. The number of aliphatic hydroxyl groups excluding tert-OH is 4. The Morgan fingerprint density at radius 3 is 1.17 bits per heavy atom. The van der Waals surface area contributed by atoms with Crippen LogP contribution in [0.25, 0.3) is 0 Å². The van der Waals surface area contributed by atoms with Crippen LogP contribution in [0.3, 0.4) is 0 Å². The molecule has 1 rings (SSSR count). The Hall–Kier alpha value is -0.240. The maximum Gasteiger partial charge on any atom is 0.0741 e. The van der Waals surface area contributed by atoms with Gasteiger partial charge in [-0.15, -0.1) is 0 Å². The van der Waals surface area contributed by atoms with E-state index in [0.717, 1.165) is 25.7 Å². The predicted octanol–water partition coefficient (Wildman–Crippen LogP) is 0.774. The summed E-state index contributed by atoms with van der Waals surface area (Å²) in [5, 5.41) is 39.9. The van der Waals surface area contributed by atoms with Gasteiger partial charge < -0.3 is 20.4 Å². The predicted molar refractivity (Wildman–Crippen MR) is 95.7 cm³/mol. The van der Waals surface area contributed by atoms with Gasteiger partial charge in [-0.3, -0.25) is 9.80 Å². The summed E-state index contributed by atoms with van der Waals surface area (Å²) in [5.74, 6) is 0. The molecule has 0 aromatic heterocycles. The van der Waals surface area contributed by atoms with Crippen LogP contribution >= 0.6 is 0 Å². The van der Waals surface area contributed by atoms with E-state index in [9.17, 15) is 20.4 Å². The van der Waals surface area contributed by atoms with E-state index in [4.69, 9.17) is 0 Å². The topological polar surface area (TPSA) is 87.4 Å². The van der Waals surface area contributed by atoms with Crippen LogP contribution < -0.4 is 0 Å². The van der Waals surface area contributed by atoms with Crippen LogP contribution in [0.4, 0.5) is 0 Å². The van der Waals surface area contributed by atoms with E-state index >= 15 is 0 Å². The number of hydrogen-bond donors (Lipinski definition) is 4. The molecule has 0 radical (unpaired) electrons. The van der Waals surface area contributed by atoms with Crippen molar-refractivity contribution in [2.75, 3.05) is 26.2 Å². The Balaban J connectivity index is 3.18. The van der Waals surface area contributed by atoms with Gasteiger partial charge in [0, 0.05) is 26.2 Å². The van der Waals surface area contributed by atoms with Crippen molar-refractivity contribution in [3.8, 4) is 0 Å². The molecular formula is C18H38N2O4. The quantitative estimate of drug-likeness (QED) is 0.437. The summed E-state index contributed by atoms with van der Waals surface area (Å²) in [6.45, 7) is 8.95. The first-order valence-corrected chi connectivity index (χ1v) is 9.39. The van der Waals surface area contributed by atoms with Gasteiger partial charge in [0.15, 0.2) is 0 Å². The first-order chi connectivity index (χ1) is 11.2.